The molecule has 1 fully saturated rings. The Labute approximate surface area is 135 Å². The predicted octanol–water partition coefficient (Wildman–Crippen LogP) is 2.15. The normalized spacial score (nSPS) is 23.7. The maximum atomic E-state index is 12.1. The minimum atomic E-state index is -3.16. The lowest BCUT2D eigenvalue weighted by Crippen LogP contribution is -2.52. The van der Waals surface area contributed by atoms with Crippen LogP contribution < -0.4 is 5.73 Å². The van der Waals surface area contributed by atoms with Crippen molar-refractivity contribution in [2.75, 3.05) is 24.3 Å². The molecule has 1 saturated heterocycles. The number of benzene rings is 1. The van der Waals surface area contributed by atoms with Crippen molar-refractivity contribution in [3.05, 3.63) is 34.9 Å². The monoisotopic (exact) mass is 348 g/mol. The second-order valence-electron chi connectivity index (χ2n) is 5.46. The van der Waals surface area contributed by atoms with Crippen molar-refractivity contribution in [1.82, 2.24) is 4.90 Å². The van der Waals surface area contributed by atoms with Gasteiger partial charge in [-0.1, -0.05) is 23.7 Å². The molecule has 7 heteroatoms. The van der Waals surface area contributed by atoms with Gasteiger partial charge in [0.05, 0.1) is 6.04 Å². The van der Waals surface area contributed by atoms with Gasteiger partial charge >= 0.3 is 0 Å². The van der Waals surface area contributed by atoms with Gasteiger partial charge in [-0.2, -0.15) is 11.8 Å². The fourth-order valence-corrected chi connectivity index (χ4v) is 5.87. The molecule has 0 aromatic heterocycles. The van der Waals surface area contributed by atoms with Crippen LogP contribution in [0.5, 0.6) is 0 Å². The zero-order valence-electron chi connectivity index (χ0n) is 12.2. The molecule has 4 nitrogen and oxygen atoms in total. The zero-order valence-corrected chi connectivity index (χ0v) is 14.6. The average Bonchev–Trinajstić information content (AvgIpc) is 2.38. The topological polar surface area (TPSA) is 63.4 Å². The van der Waals surface area contributed by atoms with E-state index in [9.17, 15) is 8.42 Å². The Morgan fingerprint density at radius 3 is 2.76 bits per heavy atom. The molecule has 0 saturated carbocycles. The lowest BCUT2D eigenvalue weighted by Gasteiger charge is -2.41. The van der Waals surface area contributed by atoms with Crippen LogP contribution in [0.3, 0.4) is 0 Å². The molecular formula is C14H21ClN2O2S2. The van der Waals surface area contributed by atoms with Gasteiger partial charge in [-0.05, 0) is 24.6 Å². The molecule has 2 N–H and O–H groups in total. The van der Waals surface area contributed by atoms with Crippen molar-refractivity contribution in [1.29, 1.82) is 0 Å². The summed E-state index contributed by atoms with van der Waals surface area (Å²) in [6, 6.07) is 7.18. The van der Waals surface area contributed by atoms with Gasteiger partial charge in [-0.3, -0.25) is 4.90 Å². The lowest BCUT2D eigenvalue weighted by atomic mass is 9.99. The first-order valence-electron chi connectivity index (χ1n) is 6.84. The Kier molecular flexibility index (Phi) is 5.59. The molecule has 118 valence electrons. The zero-order chi connectivity index (χ0) is 15.6. The van der Waals surface area contributed by atoms with Crippen molar-refractivity contribution in [3.8, 4) is 0 Å². The molecule has 2 rings (SSSR count). The number of halogens is 1. The number of nitrogens with two attached hydrogens (primary N) is 1. The molecule has 0 radical (unpaired) electrons. The Hall–Kier alpha value is -0.270. The Bertz CT molecular complexity index is 592. The van der Waals surface area contributed by atoms with E-state index in [1.54, 1.807) is 11.8 Å². The summed E-state index contributed by atoms with van der Waals surface area (Å²) in [5, 5.41) is 0.145. The van der Waals surface area contributed by atoms with Crippen LogP contribution in [0.25, 0.3) is 0 Å². The Morgan fingerprint density at radius 2 is 2.19 bits per heavy atom. The SMILES string of the molecule is CC(N)C(c1cccc(Cl)c1)N1CCSCC1S(C)(=O)=O. The second kappa shape index (κ2) is 6.87. The highest BCUT2D eigenvalue weighted by Gasteiger charge is 2.37. The predicted molar refractivity (Wildman–Crippen MR) is 90.5 cm³/mol. The smallest absolute Gasteiger partial charge is 0.164 e. The molecule has 0 aliphatic carbocycles. The molecule has 1 aliphatic heterocycles. The summed E-state index contributed by atoms with van der Waals surface area (Å²) in [4.78, 5) is 2.02. The van der Waals surface area contributed by atoms with E-state index in [1.165, 1.54) is 6.26 Å². The first-order valence-corrected chi connectivity index (χ1v) is 10.3. The molecule has 1 aliphatic rings. The van der Waals surface area contributed by atoms with Gasteiger partial charge in [0.1, 0.15) is 5.37 Å². The third-order valence-electron chi connectivity index (χ3n) is 3.66. The Balaban J connectivity index is 2.41. The summed E-state index contributed by atoms with van der Waals surface area (Å²) in [6.45, 7) is 2.62. The van der Waals surface area contributed by atoms with Crippen LogP contribution >= 0.6 is 23.4 Å². The highest BCUT2D eigenvalue weighted by atomic mass is 35.5. The first kappa shape index (κ1) is 17.1. The summed E-state index contributed by atoms with van der Waals surface area (Å²) in [7, 11) is -3.16. The third-order valence-corrected chi connectivity index (χ3v) is 6.56. The standard InChI is InChI=1S/C14H21ClN2O2S2/c1-10(16)14(11-4-3-5-12(15)8-11)17-6-7-20-9-13(17)21(2,18)19/h3-5,8,10,13-14H,6-7,9,16H2,1-2H3. The number of hydrogen-bond acceptors (Lipinski definition) is 5. The number of thioether (sulfide) groups is 1. The Morgan fingerprint density at radius 1 is 1.48 bits per heavy atom. The van der Waals surface area contributed by atoms with Gasteiger partial charge in [0.25, 0.3) is 0 Å². The summed E-state index contributed by atoms with van der Waals surface area (Å²) in [5.74, 6) is 1.50. The molecular weight excluding hydrogens is 328 g/mol. The number of rotatable bonds is 4. The van der Waals surface area contributed by atoms with Gasteiger partial charge in [0, 0.05) is 35.4 Å². The fourth-order valence-electron chi connectivity index (χ4n) is 2.77. The quantitative estimate of drug-likeness (QED) is 0.903. The number of nitrogens with zero attached hydrogens (tertiary/aromatic N) is 1. The van der Waals surface area contributed by atoms with Gasteiger partial charge in [0.15, 0.2) is 9.84 Å². The van der Waals surface area contributed by atoms with Crippen molar-refractivity contribution in [2.45, 2.75) is 24.4 Å². The van der Waals surface area contributed by atoms with E-state index in [-0.39, 0.29) is 12.1 Å². The van der Waals surface area contributed by atoms with Crippen LogP contribution in [-0.4, -0.2) is 49.0 Å². The van der Waals surface area contributed by atoms with E-state index in [4.69, 9.17) is 17.3 Å². The highest BCUT2D eigenvalue weighted by molar-refractivity contribution is 8.00. The van der Waals surface area contributed by atoms with Crippen LogP contribution in [0.1, 0.15) is 18.5 Å². The van der Waals surface area contributed by atoms with Crippen LogP contribution in [0.2, 0.25) is 5.02 Å². The van der Waals surface area contributed by atoms with E-state index in [2.05, 4.69) is 0 Å². The van der Waals surface area contributed by atoms with E-state index >= 15 is 0 Å². The van der Waals surface area contributed by atoms with Crippen molar-refractivity contribution >= 4 is 33.2 Å². The molecule has 1 heterocycles. The fraction of sp³-hybridized carbons (Fsp3) is 0.571. The van der Waals surface area contributed by atoms with Gasteiger partial charge in [-0.15, -0.1) is 0 Å². The maximum Gasteiger partial charge on any atom is 0.164 e. The molecule has 0 spiro atoms. The second-order valence-corrected chi connectivity index (χ2v) is 9.25. The molecule has 3 atom stereocenters. The highest BCUT2D eigenvalue weighted by Crippen LogP contribution is 2.32. The van der Waals surface area contributed by atoms with Crippen LogP contribution in [-0.2, 0) is 9.84 Å². The first-order chi connectivity index (χ1) is 9.80. The molecule has 0 bridgehead atoms. The summed E-state index contributed by atoms with van der Waals surface area (Å²) >= 11 is 7.75. The average molecular weight is 349 g/mol. The van der Waals surface area contributed by atoms with Crippen molar-refractivity contribution < 1.29 is 8.42 Å². The summed E-state index contributed by atoms with van der Waals surface area (Å²) in [5.41, 5.74) is 7.14. The minimum absolute atomic E-state index is 0.149. The van der Waals surface area contributed by atoms with E-state index in [0.29, 0.717) is 17.3 Å². The molecule has 1 aromatic rings. The van der Waals surface area contributed by atoms with Crippen LogP contribution in [0.4, 0.5) is 0 Å². The van der Waals surface area contributed by atoms with Crippen LogP contribution in [0.15, 0.2) is 24.3 Å². The van der Waals surface area contributed by atoms with E-state index in [0.717, 1.165) is 11.3 Å². The molecule has 21 heavy (non-hydrogen) atoms. The van der Waals surface area contributed by atoms with Crippen LogP contribution in [0, 0.1) is 0 Å². The molecule has 3 unspecified atom stereocenters. The largest absolute Gasteiger partial charge is 0.326 e. The third kappa shape index (κ3) is 4.13. The lowest BCUT2D eigenvalue weighted by molar-refractivity contribution is 0.172. The molecule has 0 amide bonds. The van der Waals surface area contributed by atoms with E-state index in [1.807, 2.05) is 36.1 Å². The van der Waals surface area contributed by atoms with Crippen molar-refractivity contribution in [3.63, 3.8) is 0 Å². The van der Waals surface area contributed by atoms with Gasteiger partial charge < -0.3 is 5.73 Å². The van der Waals surface area contributed by atoms with Gasteiger partial charge in [-0.25, -0.2) is 8.42 Å². The number of sulfone groups is 1. The minimum Gasteiger partial charge on any atom is -0.326 e. The maximum absolute atomic E-state index is 12.1. The van der Waals surface area contributed by atoms with E-state index < -0.39 is 15.2 Å². The molecule has 1 aromatic carbocycles. The summed E-state index contributed by atoms with van der Waals surface area (Å²) < 4.78 is 24.2. The summed E-state index contributed by atoms with van der Waals surface area (Å²) in [6.07, 6.45) is 1.30. The number of hydrogen-bond donors (Lipinski definition) is 1. The van der Waals surface area contributed by atoms with Crippen molar-refractivity contribution in [2.24, 2.45) is 5.73 Å². The van der Waals surface area contributed by atoms with Gasteiger partial charge in [0.2, 0.25) is 0 Å².